The van der Waals surface area contributed by atoms with Crippen LogP contribution in [0.1, 0.15) is 5.56 Å². The molecule has 96 valence electrons. The molecule has 1 amide bonds. The number of carbonyl (C=O) groups excluding carboxylic acids is 1. The van der Waals surface area contributed by atoms with Gasteiger partial charge in [-0.1, -0.05) is 17.7 Å². The van der Waals surface area contributed by atoms with E-state index in [-0.39, 0.29) is 12.4 Å². The molecule has 0 bridgehead atoms. The molecule has 7 nitrogen and oxygen atoms in total. The van der Waals surface area contributed by atoms with Gasteiger partial charge < -0.3 is 0 Å². The summed E-state index contributed by atoms with van der Waals surface area (Å²) in [5, 5.41) is 10.8. The third-order valence-electron chi connectivity index (χ3n) is 2.13. The van der Waals surface area contributed by atoms with Crippen molar-refractivity contribution in [3.63, 3.8) is 0 Å². The predicted molar refractivity (Wildman–Crippen MR) is 66.1 cm³/mol. The van der Waals surface area contributed by atoms with E-state index in [2.05, 4.69) is 9.98 Å². The van der Waals surface area contributed by atoms with Gasteiger partial charge in [-0.15, -0.1) is 0 Å². The molecule has 0 saturated carbocycles. The molecular weight excluding hydrogens is 260 g/mol. The first-order valence-electron chi connectivity index (χ1n) is 4.96. The lowest BCUT2D eigenvalue weighted by Crippen LogP contribution is -2.34. The normalized spacial score (nSPS) is 11.1. The first-order valence-corrected chi connectivity index (χ1v) is 5.34. The van der Waals surface area contributed by atoms with Crippen LogP contribution in [0, 0.1) is 10.1 Å². The Morgan fingerprint density at radius 1 is 1.67 bits per heavy atom. The molecule has 0 aliphatic rings. The lowest BCUT2D eigenvalue weighted by Gasteiger charge is -2.16. The maximum absolute atomic E-state index is 10.9. The van der Waals surface area contributed by atoms with Crippen molar-refractivity contribution in [3.05, 3.63) is 39.2 Å². The minimum Gasteiger partial charge on any atom is -0.293 e. The number of carbonyl (C=O) groups is 1. The molecule has 8 heteroatoms. The van der Waals surface area contributed by atoms with Gasteiger partial charge >= 0.3 is 0 Å². The SMILES string of the molecule is CN=C(C[N+](=O)[O-])N(C=O)Cc1ccc(Cl)nc1. The molecule has 0 unspecified atom stereocenters. The molecule has 18 heavy (non-hydrogen) atoms. The van der Waals surface area contributed by atoms with Crippen molar-refractivity contribution in [3.8, 4) is 0 Å². The van der Waals surface area contributed by atoms with Gasteiger partial charge in [-0.3, -0.25) is 24.8 Å². The van der Waals surface area contributed by atoms with E-state index in [4.69, 9.17) is 11.6 Å². The summed E-state index contributed by atoms with van der Waals surface area (Å²) in [6.45, 7) is -0.343. The van der Waals surface area contributed by atoms with Gasteiger partial charge in [-0.25, -0.2) is 4.98 Å². The summed E-state index contributed by atoms with van der Waals surface area (Å²) in [5.41, 5.74) is 0.705. The molecule has 1 aromatic heterocycles. The maximum atomic E-state index is 10.9. The van der Waals surface area contributed by atoms with E-state index in [0.717, 1.165) is 4.90 Å². The van der Waals surface area contributed by atoms with Gasteiger partial charge in [0.05, 0.1) is 6.54 Å². The quantitative estimate of drug-likeness (QED) is 0.199. The highest BCUT2D eigenvalue weighted by molar-refractivity contribution is 6.29. The van der Waals surface area contributed by atoms with E-state index in [0.29, 0.717) is 17.1 Å². The van der Waals surface area contributed by atoms with E-state index in [1.807, 2.05) is 0 Å². The second-order valence-electron chi connectivity index (χ2n) is 3.35. The Kier molecular flexibility index (Phi) is 5.19. The summed E-state index contributed by atoms with van der Waals surface area (Å²) in [6.07, 6.45) is 2.00. The van der Waals surface area contributed by atoms with Gasteiger partial charge in [0, 0.05) is 18.2 Å². The van der Waals surface area contributed by atoms with Crippen molar-refractivity contribution in [1.82, 2.24) is 9.88 Å². The van der Waals surface area contributed by atoms with Gasteiger partial charge in [0.1, 0.15) is 5.15 Å². The van der Waals surface area contributed by atoms with E-state index in [9.17, 15) is 14.9 Å². The van der Waals surface area contributed by atoms with Gasteiger partial charge in [0.2, 0.25) is 6.41 Å². The molecule has 0 saturated heterocycles. The average Bonchev–Trinajstić information content (AvgIpc) is 2.35. The molecule has 0 aliphatic carbocycles. The molecule has 0 radical (unpaired) electrons. The fourth-order valence-corrected chi connectivity index (χ4v) is 1.40. The Hall–Kier alpha value is -2.02. The first kappa shape index (κ1) is 14.0. The second-order valence-corrected chi connectivity index (χ2v) is 3.74. The zero-order valence-corrected chi connectivity index (χ0v) is 10.4. The number of halogens is 1. The second kappa shape index (κ2) is 6.65. The molecule has 1 rings (SSSR count). The number of amides is 1. The number of rotatable bonds is 5. The highest BCUT2D eigenvalue weighted by Gasteiger charge is 2.15. The third-order valence-corrected chi connectivity index (χ3v) is 2.35. The van der Waals surface area contributed by atoms with Crippen molar-refractivity contribution in [2.75, 3.05) is 13.6 Å². The Bertz CT molecular complexity index is 461. The van der Waals surface area contributed by atoms with Crippen molar-refractivity contribution in [2.45, 2.75) is 6.54 Å². The minimum absolute atomic E-state index is 0.0879. The van der Waals surface area contributed by atoms with Gasteiger partial charge in [0.25, 0.3) is 6.54 Å². The molecule has 0 fully saturated rings. The monoisotopic (exact) mass is 270 g/mol. The zero-order chi connectivity index (χ0) is 13.5. The fourth-order valence-electron chi connectivity index (χ4n) is 1.29. The van der Waals surface area contributed by atoms with Crippen LogP contribution in [0.15, 0.2) is 23.3 Å². The summed E-state index contributed by atoms with van der Waals surface area (Å²) >= 11 is 5.63. The van der Waals surface area contributed by atoms with Crippen LogP contribution in [0.5, 0.6) is 0 Å². The van der Waals surface area contributed by atoms with Crippen molar-refractivity contribution in [2.24, 2.45) is 4.99 Å². The summed E-state index contributed by atoms with van der Waals surface area (Å²) in [4.78, 5) is 29.6. The lowest BCUT2D eigenvalue weighted by atomic mass is 10.2. The van der Waals surface area contributed by atoms with Crippen molar-refractivity contribution in [1.29, 1.82) is 0 Å². The number of nitrogens with zero attached hydrogens (tertiary/aromatic N) is 4. The van der Waals surface area contributed by atoms with Gasteiger partial charge in [-0.2, -0.15) is 0 Å². The Labute approximate surface area is 108 Å². The van der Waals surface area contributed by atoms with E-state index < -0.39 is 11.5 Å². The van der Waals surface area contributed by atoms with Crippen LogP contribution in [0.4, 0.5) is 0 Å². The standard InChI is InChI=1S/C10H11ClN4O3/c1-12-10(6-15(17)18)14(7-16)5-8-2-3-9(11)13-4-8/h2-4,7H,5-6H2,1H3. The number of aromatic nitrogens is 1. The minimum atomic E-state index is -0.543. The number of aliphatic imine (C=N–C) groups is 1. The van der Waals surface area contributed by atoms with Crippen LogP contribution in [0.2, 0.25) is 5.15 Å². The largest absolute Gasteiger partial charge is 0.293 e. The molecule has 1 heterocycles. The van der Waals surface area contributed by atoms with Crippen LogP contribution in [0.25, 0.3) is 0 Å². The zero-order valence-electron chi connectivity index (χ0n) is 9.62. The number of amidine groups is 1. The van der Waals surface area contributed by atoms with Gasteiger partial charge in [-0.05, 0) is 11.6 Å². The highest BCUT2D eigenvalue weighted by Crippen LogP contribution is 2.07. The molecule has 0 atom stereocenters. The molecular formula is C10H11ClN4O3. The fraction of sp³-hybridized carbons (Fsp3) is 0.300. The van der Waals surface area contributed by atoms with Crippen LogP contribution >= 0.6 is 11.6 Å². The number of nitro groups is 1. The number of hydrogen-bond acceptors (Lipinski definition) is 5. The molecule has 0 N–H and O–H groups in total. The van der Waals surface area contributed by atoms with Crippen LogP contribution < -0.4 is 0 Å². The average molecular weight is 271 g/mol. The summed E-state index contributed by atoms with van der Waals surface area (Å²) in [5.74, 6) is 0.0879. The van der Waals surface area contributed by atoms with Crippen LogP contribution in [0.3, 0.4) is 0 Å². The topological polar surface area (TPSA) is 88.7 Å². The molecule has 0 aliphatic heterocycles. The summed E-state index contributed by atoms with van der Waals surface area (Å²) in [6, 6.07) is 3.27. The molecule has 0 aromatic carbocycles. The first-order chi connectivity index (χ1) is 8.56. The predicted octanol–water partition coefficient (Wildman–Crippen LogP) is 0.998. The number of hydrogen-bond donors (Lipinski definition) is 0. The van der Waals surface area contributed by atoms with Crippen LogP contribution in [-0.4, -0.2) is 40.6 Å². The third kappa shape index (κ3) is 4.10. The molecule has 1 aromatic rings. The summed E-state index contributed by atoms with van der Waals surface area (Å²) in [7, 11) is 1.40. The Morgan fingerprint density at radius 3 is 2.83 bits per heavy atom. The summed E-state index contributed by atoms with van der Waals surface area (Å²) < 4.78 is 0. The van der Waals surface area contributed by atoms with Crippen LogP contribution in [-0.2, 0) is 11.3 Å². The van der Waals surface area contributed by atoms with Gasteiger partial charge in [0.15, 0.2) is 5.84 Å². The Balaban J connectivity index is 2.80. The maximum Gasteiger partial charge on any atom is 0.260 e. The smallest absolute Gasteiger partial charge is 0.260 e. The van der Waals surface area contributed by atoms with E-state index >= 15 is 0 Å². The van der Waals surface area contributed by atoms with Crippen molar-refractivity contribution >= 4 is 23.8 Å². The molecule has 0 spiro atoms. The van der Waals surface area contributed by atoms with Crippen molar-refractivity contribution < 1.29 is 9.72 Å². The Morgan fingerprint density at radius 2 is 2.39 bits per heavy atom. The highest BCUT2D eigenvalue weighted by atomic mass is 35.5. The number of pyridine rings is 1. The lowest BCUT2D eigenvalue weighted by molar-refractivity contribution is -0.464. The van der Waals surface area contributed by atoms with E-state index in [1.165, 1.54) is 13.2 Å². The van der Waals surface area contributed by atoms with E-state index in [1.54, 1.807) is 12.1 Å².